The van der Waals surface area contributed by atoms with Gasteiger partial charge in [-0.15, -0.1) is 0 Å². The van der Waals surface area contributed by atoms with Gasteiger partial charge in [-0.3, -0.25) is 0 Å². The molecule has 1 aromatic heterocycles. The molecule has 0 bridgehead atoms. The Balaban J connectivity index is 1.40. The smallest absolute Gasteiger partial charge is 0.319 e. The molecule has 4 rings (SSSR count). The van der Waals surface area contributed by atoms with Crippen LogP contribution >= 0.6 is 0 Å². The van der Waals surface area contributed by atoms with Crippen LogP contribution in [0.15, 0.2) is 48.7 Å². The molecule has 1 aliphatic heterocycles. The van der Waals surface area contributed by atoms with Gasteiger partial charge in [-0.05, 0) is 36.2 Å². The predicted octanol–water partition coefficient (Wildman–Crippen LogP) is 3.84. The average molecular weight is 392 g/mol. The highest BCUT2D eigenvalue weighted by Gasteiger charge is 2.16. The van der Waals surface area contributed by atoms with Crippen molar-refractivity contribution in [1.29, 1.82) is 0 Å². The van der Waals surface area contributed by atoms with Gasteiger partial charge in [-0.1, -0.05) is 18.2 Å². The van der Waals surface area contributed by atoms with Crippen molar-refractivity contribution >= 4 is 11.7 Å². The Hall–Kier alpha value is -3.48. The van der Waals surface area contributed by atoms with Crippen LogP contribution in [0.25, 0.3) is 11.3 Å². The van der Waals surface area contributed by atoms with E-state index in [0.717, 1.165) is 47.7 Å². The number of hydrogen-bond acceptors (Lipinski definition) is 4. The summed E-state index contributed by atoms with van der Waals surface area (Å²) in [7, 11) is 3.18. The monoisotopic (exact) mass is 392 g/mol. The molecule has 0 spiro atoms. The number of hydrogen-bond donors (Lipinski definition) is 2. The van der Waals surface area contributed by atoms with Crippen molar-refractivity contribution in [3.63, 3.8) is 0 Å². The number of anilines is 1. The van der Waals surface area contributed by atoms with E-state index >= 15 is 0 Å². The summed E-state index contributed by atoms with van der Waals surface area (Å²) in [5, 5.41) is 5.77. The quantitative estimate of drug-likeness (QED) is 0.668. The third-order valence-corrected chi connectivity index (χ3v) is 5.04. The molecule has 0 aliphatic carbocycles. The van der Waals surface area contributed by atoms with Crippen LogP contribution in [-0.2, 0) is 19.5 Å². The highest BCUT2D eigenvalue weighted by atomic mass is 16.5. The fourth-order valence-corrected chi connectivity index (χ4v) is 3.59. The first-order chi connectivity index (χ1) is 14.2. The SMILES string of the molecule is COc1ccc(CNC(=O)Nc2cccc(-c3cnc4n3CCC4)c2)cc1OC. The summed E-state index contributed by atoms with van der Waals surface area (Å²) >= 11 is 0. The summed E-state index contributed by atoms with van der Waals surface area (Å²) in [6, 6.07) is 13.1. The second kappa shape index (κ2) is 8.26. The molecule has 0 fully saturated rings. The molecule has 2 amide bonds. The Labute approximate surface area is 169 Å². The molecule has 0 saturated heterocycles. The summed E-state index contributed by atoms with van der Waals surface area (Å²) in [6.07, 6.45) is 4.06. The molecular formula is C22H24N4O3. The van der Waals surface area contributed by atoms with Gasteiger partial charge in [-0.2, -0.15) is 0 Å². The van der Waals surface area contributed by atoms with Gasteiger partial charge in [0.15, 0.2) is 11.5 Å². The maximum atomic E-state index is 12.4. The zero-order chi connectivity index (χ0) is 20.2. The van der Waals surface area contributed by atoms with Crippen LogP contribution in [0.2, 0.25) is 0 Å². The molecule has 0 unspecified atom stereocenters. The molecule has 150 valence electrons. The van der Waals surface area contributed by atoms with E-state index in [9.17, 15) is 4.79 Å². The standard InChI is InChI=1S/C22H24N4O3/c1-28-19-9-8-15(11-20(19)29-2)13-24-22(27)25-17-6-3-5-16(12-17)18-14-23-21-7-4-10-26(18)21/h3,5-6,8-9,11-12,14H,4,7,10,13H2,1-2H3,(H2,24,25,27). The lowest BCUT2D eigenvalue weighted by atomic mass is 10.1. The van der Waals surface area contributed by atoms with Crippen molar-refractivity contribution < 1.29 is 14.3 Å². The van der Waals surface area contributed by atoms with Crippen molar-refractivity contribution in [2.45, 2.75) is 25.9 Å². The van der Waals surface area contributed by atoms with Crippen LogP contribution in [0.4, 0.5) is 10.5 Å². The highest BCUT2D eigenvalue weighted by Crippen LogP contribution is 2.28. The predicted molar refractivity (Wildman–Crippen MR) is 111 cm³/mol. The number of benzene rings is 2. The van der Waals surface area contributed by atoms with Gasteiger partial charge in [0.2, 0.25) is 0 Å². The topological polar surface area (TPSA) is 77.4 Å². The first kappa shape index (κ1) is 18.9. The van der Waals surface area contributed by atoms with Crippen molar-refractivity contribution in [2.24, 2.45) is 0 Å². The zero-order valence-electron chi connectivity index (χ0n) is 16.6. The molecule has 7 heteroatoms. The van der Waals surface area contributed by atoms with Crippen LogP contribution in [-0.4, -0.2) is 29.8 Å². The Morgan fingerprint density at radius 3 is 2.83 bits per heavy atom. The third kappa shape index (κ3) is 4.03. The fraction of sp³-hybridized carbons (Fsp3) is 0.273. The van der Waals surface area contributed by atoms with Crippen molar-refractivity contribution in [2.75, 3.05) is 19.5 Å². The Bertz CT molecular complexity index is 1030. The maximum Gasteiger partial charge on any atom is 0.319 e. The minimum atomic E-state index is -0.268. The second-order valence-electron chi connectivity index (χ2n) is 6.89. The van der Waals surface area contributed by atoms with Gasteiger partial charge in [0, 0.05) is 30.8 Å². The van der Waals surface area contributed by atoms with E-state index < -0.39 is 0 Å². The van der Waals surface area contributed by atoms with E-state index in [2.05, 4.69) is 20.2 Å². The molecule has 7 nitrogen and oxygen atoms in total. The summed E-state index contributed by atoms with van der Waals surface area (Å²) in [5.41, 5.74) is 3.79. The number of nitrogens with zero attached hydrogens (tertiary/aromatic N) is 2. The van der Waals surface area contributed by atoms with Crippen LogP contribution in [0.5, 0.6) is 11.5 Å². The van der Waals surface area contributed by atoms with E-state index in [-0.39, 0.29) is 6.03 Å². The Kier molecular flexibility index (Phi) is 5.37. The number of fused-ring (bicyclic) bond motifs is 1. The van der Waals surface area contributed by atoms with Gasteiger partial charge in [0.05, 0.1) is 26.1 Å². The zero-order valence-corrected chi connectivity index (χ0v) is 16.6. The van der Waals surface area contributed by atoms with E-state index in [4.69, 9.17) is 9.47 Å². The summed E-state index contributed by atoms with van der Waals surface area (Å²) in [5.74, 6) is 2.42. The van der Waals surface area contributed by atoms with Crippen molar-refractivity contribution in [3.05, 3.63) is 60.0 Å². The normalized spacial score (nSPS) is 12.3. The number of urea groups is 1. The molecule has 2 N–H and O–H groups in total. The van der Waals surface area contributed by atoms with Crippen LogP contribution in [0, 0.1) is 0 Å². The second-order valence-corrected chi connectivity index (χ2v) is 6.89. The maximum absolute atomic E-state index is 12.4. The van der Waals surface area contributed by atoms with Crippen LogP contribution < -0.4 is 20.1 Å². The minimum Gasteiger partial charge on any atom is -0.493 e. The number of carbonyl (C=O) groups is 1. The average Bonchev–Trinajstić information content (AvgIpc) is 3.36. The number of amides is 2. The van der Waals surface area contributed by atoms with Gasteiger partial charge < -0.3 is 24.7 Å². The number of imidazole rings is 1. The molecule has 2 aromatic carbocycles. The highest BCUT2D eigenvalue weighted by molar-refractivity contribution is 5.90. The van der Waals surface area contributed by atoms with E-state index in [0.29, 0.717) is 18.0 Å². The molecule has 0 atom stereocenters. The summed E-state index contributed by atoms with van der Waals surface area (Å²) < 4.78 is 12.8. The van der Waals surface area contributed by atoms with Gasteiger partial charge >= 0.3 is 6.03 Å². The molecule has 1 aliphatic rings. The number of aryl methyl sites for hydroxylation is 1. The van der Waals surface area contributed by atoms with Gasteiger partial charge in [0.1, 0.15) is 5.82 Å². The van der Waals surface area contributed by atoms with Crippen molar-refractivity contribution in [3.8, 4) is 22.8 Å². The Morgan fingerprint density at radius 1 is 1.14 bits per heavy atom. The number of nitrogens with one attached hydrogen (secondary N) is 2. The third-order valence-electron chi connectivity index (χ3n) is 5.04. The van der Waals surface area contributed by atoms with Crippen LogP contribution in [0.1, 0.15) is 17.8 Å². The Morgan fingerprint density at radius 2 is 2.00 bits per heavy atom. The lowest BCUT2D eigenvalue weighted by molar-refractivity contribution is 0.251. The molecule has 3 aromatic rings. The first-order valence-electron chi connectivity index (χ1n) is 9.58. The number of rotatable bonds is 6. The fourth-order valence-electron chi connectivity index (χ4n) is 3.59. The molecule has 0 saturated carbocycles. The molecule has 0 radical (unpaired) electrons. The van der Waals surface area contributed by atoms with E-state index in [1.54, 1.807) is 14.2 Å². The molecule has 29 heavy (non-hydrogen) atoms. The van der Waals surface area contributed by atoms with E-state index in [1.165, 1.54) is 0 Å². The molecule has 2 heterocycles. The summed E-state index contributed by atoms with van der Waals surface area (Å²) in [6.45, 7) is 1.37. The number of carbonyl (C=O) groups excluding carboxylic acids is 1. The number of aromatic nitrogens is 2. The van der Waals surface area contributed by atoms with Crippen LogP contribution in [0.3, 0.4) is 0 Å². The molecular weight excluding hydrogens is 368 g/mol. The lowest BCUT2D eigenvalue weighted by Gasteiger charge is -2.12. The largest absolute Gasteiger partial charge is 0.493 e. The first-order valence-corrected chi connectivity index (χ1v) is 9.58. The van der Waals surface area contributed by atoms with Gasteiger partial charge in [-0.25, -0.2) is 9.78 Å². The van der Waals surface area contributed by atoms with Crippen molar-refractivity contribution in [1.82, 2.24) is 14.9 Å². The minimum absolute atomic E-state index is 0.268. The number of methoxy groups -OCH3 is 2. The lowest BCUT2D eigenvalue weighted by Crippen LogP contribution is -2.28. The van der Waals surface area contributed by atoms with E-state index in [1.807, 2.05) is 48.7 Å². The number of ether oxygens (including phenoxy) is 2. The van der Waals surface area contributed by atoms with Gasteiger partial charge in [0.25, 0.3) is 0 Å². The summed E-state index contributed by atoms with van der Waals surface area (Å²) in [4.78, 5) is 16.8.